The molecule has 0 amide bonds. The van der Waals surface area contributed by atoms with E-state index < -0.39 is 13.7 Å². The van der Waals surface area contributed by atoms with Crippen LogP contribution < -0.4 is 10.4 Å². The Morgan fingerprint density at radius 3 is 1.78 bits per heavy atom. The van der Waals surface area contributed by atoms with Crippen molar-refractivity contribution in [3.05, 3.63) is 60.7 Å². The van der Waals surface area contributed by atoms with E-state index in [0.29, 0.717) is 0 Å². The van der Waals surface area contributed by atoms with Crippen molar-refractivity contribution in [2.75, 3.05) is 6.61 Å². The maximum atomic E-state index is 10.9. The quantitative estimate of drug-likeness (QED) is 0.455. The molecule has 0 radical (unpaired) electrons. The summed E-state index contributed by atoms with van der Waals surface area (Å²) in [4.78, 5) is 10.9. The lowest BCUT2D eigenvalue weighted by Gasteiger charge is -2.43. The van der Waals surface area contributed by atoms with Gasteiger partial charge >= 0.3 is 0 Å². The second kappa shape index (κ2) is 7.43. The maximum absolute atomic E-state index is 10.9. The van der Waals surface area contributed by atoms with E-state index in [9.17, 15) is 4.79 Å². The van der Waals surface area contributed by atoms with Crippen molar-refractivity contribution in [2.45, 2.75) is 31.2 Å². The minimum Gasteiger partial charge on any atom is -0.405 e. The van der Waals surface area contributed by atoms with Crippen molar-refractivity contribution in [2.24, 2.45) is 0 Å². The third kappa shape index (κ3) is 3.74. The van der Waals surface area contributed by atoms with Crippen molar-refractivity contribution in [3.8, 4) is 0 Å². The summed E-state index contributed by atoms with van der Waals surface area (Å²) in [6.45, 7) is 6.81. The number of hydrogen-bond acceptors (Lipinski definition) is 2. The smallest absolute Gasteiger partial charge is 0.261 e. The fraction of sp³-hybridized carbons (Fsp3) is 0.316. The normalized spacial score (nSPS) is 13.6. The van der Waals surface area contributed by atoms with E-state index in [4.69, 9.17) is 16.0 Å². The number of carbonyl (C=O) groups is 1. The molecular weight excluding hydrogens is 324 g/mol. The van der Waals surface area contributed by atoms with Crippen LogP contribution in [0, 0.1) is 0 Å². The summed E-state index contributed by atoms with van der Waals surface area (Å²) in [5.41, 5.74) is 0. The molecule has 2 aromatic carbocycles. The van der Waals surface area contributed by atoms with E-state index in [2.05, 4.69) is 45.0 Å². The van der Waals surface area contributed by atoms with Crippen molar-refractivity contribution in [1.29, 1.82) is 0 Å². The molecule has 2 aromatic rings. The number of benzene rings is 2. The fourth-order valence-electron chi connectivity index (χ4n) is 3.01. The summed E-state index contributed by atoms with van der Waals surface area (Å²) in [5.74, 6) is 0. The topological polar surface area (TPSA) is 26.3 Å². The lowest BCUT2D eigenvalue weighted by Crippen LogP contribution is -2.67. The average Bonchev–Trinajstić information content (AvgIpc) is 2.56. The standard InChI is InChI=1S/C19H23ClO2Si/c1-19(2,3)23(22-15-16(20)14-21,17-10-6-4-7-11-17)18-12-8-5-9-13-18/h4-14,16H,15H2,1-3H3. The van der Waals surface area contributed by atoms with Gasteiger partial charge < -0.3 is 9.22 Å². The largest absolute Gasteiger partial charge is 0.405 e. The molecular formula is C19H23ClO2Si. The summed E-state index contributed by atoms with van der Waals surface area (Å²) in [7, 11) is -2.57. The summed E-state index contributed by atoms with van der Waals surface area (Å²) in [6.07, 6.45) is 0.735. The molecule has 2 nitrogen and oxygen atoms in total. The minimum absolute atomic E-state index is 0.102. The highest BCUT2D eigenvalue weighted by atomic mass is 35.5. The van der Waals surface area contributed by atoms with Crippen LogP contribution in [-0.2, 0) is 9.22 Å². The zero-order valence-corrected chi connectivity index (χ0v) is 15.6. The number of carbonyl (C=O) groups excluding carboxylic acids is 1. The van der Waals surface area contributed by atoms with Gasteiger partial charge in [0.2, 0.25) is 0 Å². The molecule has 0 aliphatic carbocycles. The van der Waals surface area contributed by atoms with Gasteiger partial charge in [-0.05, 0) is 15.4 Å². The zero-order valence-electron chi connectivity index (χ0n) is 13.8. The Kier molecular flexibility index (Phi) is 5.79. The van der Waals surface area contributed by atoms with Crippen LogP contribution in [0.15, 0.2) is 60.7 Å². The average molecular weight is 347 g/mol. The molecule has 0 aliphatic heterocycles. The van der Waals surface area contributed by atoms with Crippen LogP contribution in [0.3, 0.4) is 0 Å². The van der Waals surface area contributed by atoms with Gasteiger partial charge in [-0.15, -0.1) is 11.6 Å². The Morgan fingerprint density at radius 1 is 1.00 bits per heavy atom. The lowest BCUT2D eigenvalue weighted by molar-refractivity contribution is -0.108. The molecule has 0 spiro atoms. The Hall–Kier alpha value is -1.42. The third-order valence-electron chi connectivity index (χ3n) is 4.02. The van der Waals surface area contributed by atoms with Gasteiger partial charge in [0.1, 0.15) is 11.7 Å². The molecule has 0 aromatic heterocycles. The van der Waals surface area contributed by atoms with Gasteiger partial charge in [0.25, 0.3) is 8.32 Å². The van der Waals surface area contributed by atoms with Gasteiger partial charge in [-0.1, -0.05) is 81.4 Å². The second-order valence-electron chi connectivity index (χ2n) is 6.63. The van der Waals surface area contributed by atoms with Crippen molar-refractivity contribution >= 4 is 36.6 Å². The molecule has 0 bridgehead atoms. The number of alkyl halides is 1. The molecule has 2 rings (SSSR count). The highest BCUT2D eigenvalue weighted by molar-refractivity contribution is 6.99. The number of rotatable bonds is 6. The second-order valence-corrected chi connectivity index (χ2v) is 11.5. The SMILES string of the molecule is CC(C)(C)[Si](OCC(Cl)C=O)(c1ccccc1)c1ccccc1. The van der Waals surface area contributed by atoms with Crippen molar-refractivity contribution < 1.29 is 9.22 Å². The lowest BCUT2D eigenvalue weighted by atomic mass is 10.2. The molecule has 122 valence electrons. The molecule has 4 heteroatoms. The van der Waals surface area contributed by atoms with Gasteiger partial charge in [0.15, 0.2) is 0 Å². The van der Waals surface area contributed by atoms with Gasteiger partial charge in [-0.25, -0.2) is 0 Å². The van der Waals surface area contributed by atoms with E-state index in [1.54, 1.807) is 0 Å². The van der Waals surface area contributed by atoms with Crippen LogP contribution >= 0.6 is 11.6 Å². The van der Waals surface area contributed by atoms with Crippen LogP contribution in [0.4, 0.5) is 0 Å². The monoisotopic (exact) mass is 346 g/mol. The van der Waals surface area contributed by atoms with Gasteiger partial charge in [-0.2, -0.15) is 0 Å². The molecule has 0 saturated heterocycles. The van der Waals surface area contributed by atoms with E-state index in [1.165, 1.54) is 10.4 Å². The summed E-state index contributed by atoms with van der Waals surface area (Å²) in [5, 5.41) is 1.65. The zero-order chi connectivity index (χ0) is 16.9. The molecule has 0 N–H and O–H groups in total. The Morgan fingerprint density at radius 2 is 1.43 bits per heavy atom. The third-order valence-corrected chi connectivity index (χ3v) is 9.26. The van der Waals surface area contributed by atoms with Crippen LogP contribution in [0.2, 0.25) is 5.04 Å². The van der Waals surface area contributed by atoms with E-state index in [-0.39, 0.29) is 11.6 Å². The Bertz CT molecular complexity index is 583. The van der Waals surface area contributed by atoms with E-state index >= 15 is 0 Å². The predicted octanol–water partition coefficient (Wildman–Crippen LogP) is 3.37. The molecule has 0 fully saturated rings. The molecule has 0 saturated carbocycles. The van der Waals surface area contributed by atoms with Crippen LogP contribution in [0.25, 0.3) is 0 Å². The molecule has 23 heavy (non-hydrogen) atoms. The van der Waals surface area contributed by atoms with Gasteiger partial charge in [0.05, 0.1) is 6.61 Å². The summed E-state index contributed by atoms with van der Waals surface area (Å²) >= 11 is 6.03. The van der Waals surface area contributed by atoms with Crippen LogP contribution in [0.5, 0.6) is 0 Å². The number of aldehydes is 1. The first-order chi connectivity index (χ1) is 10.9. The first-order valence-electron chi connectivity index (χ1n) is 7.76. The Labute approximate surface area is 144 Å². The molecule has 0 aliphatic rings. The van der Waals surface area contributed by atoms with Crippen LogP contribution in [-0.4, -0.2) is 26.6 Å². The van der Waals surface area contributed by atoms with Gasteiger partial charge in [0, 0.05) is 0 Å². The first-order valence-corrected chi connectivity index (χ1v) is 10.1. The van der Waals surface area contributed by atoms with E-state index in [0.717, 1.165) is 6.29 Å². The predicted molar refractivity (Wildman–Crippen MR) is 99.3 cm³/mol. The Balaban J connectivity index is 2.62. The highest BCUT2D eigenvalue weighted by Gasteiger charge is 2.50. The van der Waals surface area contributed by atoms with Crippen molar-refractivity contribution in [1.82, 2.24) is 0 Å². The maximum Gasteiger partial charge on any atom is 0.261 e. The highest BCUT2D eigenvalue weighted by Crippen LogP contribution is 2.36. The molecule has 0 heterocycles. The van der Waals surface area contributed by atoms with Gasteiger partial charge in [-0.3, -0.25) is 0 Å². The minimum atomic E-state index is -2.57. The molecule has 1 atom stereocenters. The van der Waals surface area contributed by atoms with Crippen LogP contribution in [0.1, 0.15) is 20.8 Å². The van der Waals surface area contributed by atoms with Crippen molar-refractivity contribution in [3.63, 3.8) is 0 Å². The number of halogens is 1. The summed E-state index contributed by atoms with van der Waals surface area (Å²) in [6, 6.07) is 20.6. The number of hydrogen-bond donors (Lipinski definition) is 0. The summed E-state index contributed by atoms with van der Waals surface area (Å²) < 4.78 is 6.49. The van der Waals surface area contributed by atoms with E-state index in [1.807, 2.05) is 36.4 Å². The fourth-order valence-corrected chi connectivity index (χ4v) is 7.76. The first kappa shape index (κ1) is 17.9. The molecule has 1 unspecified atom stereocenters.